The molecular formula is C10H7Cl2NO. The van der Waals surface area contributed by atoms with Gasteiger partial charge >= 0.3 is 0 Å². The van der Waals surface area contributed by atoms with Gasteiger partial charge in [-0.05, 0) is 18.9 Å². The van der Waals surface area contributed by atoms with Gasteiger partial charge in [-0.1, -0.05) is 23.2 Å². The van der Waals surface area contributed by atoms with E-state index in [-0.39, 0.29) is 0 Å². The normalized spacial score (nSPS) is 16.4. The number of nitrogens with zero attached hydrogens (tertiary/aromatic N) is 1. The summed E-state index contributed by atoms with van der Waals surface area (Å²) < 4.78 is 5.57. The minimum atomic E-state index is 0.497. The first-order valence-electron chi connectivity index (χ1n) is 4.49. The molecule has 0 N–H and O–H groups in total. The molecule has 1 aromatic heterocycles. The van der Waals surface area contributed by atoms with Crippen molar-refractivity contribution in [2.45, 2.75) is 18.8 Å². The lowest BCUT2D eigenvalue weighted by Gasteiger charge is -1.91. The summed E-state index contributed by atoms with van der Waals surface area (Å²) in [6, 6.07) is 3.44. The highest BCUT2D eigenvalue weighted by Crippen LogP contribution is 2.41. The van der Waals surface area contributed by atoms with Crippen molar-refractivity contribution in [1.29, 1.82) is 0 Å². The van der Waals surface area contributed by atoms with E-state index < -0.39 is 0 Å². The number of benzene rings is 1. The Labute approximate surface area is 90.8 Å². The van der Waals surface area contributed by atoms with Crippen molar-refractivity contribution >= 4 is 34.3 Å². The molecule has 0 spiro atoms. The molecule has 14 heavy (non-hydrogen) atoms. The van der Waals surface area contributed by atoms with Crippen molar-refractivity contribution in [3.63, 3.8) is 0 Å². The lowest BCUT2D eigenvalue weighted by atomic mass is 10.3. The van der Waals surface area contributed by atoms with Crippen LogP contribution in [-0.4, -0.2) is 4.98 Å². The van der Waals surface area contributed by atoms with Crippen LogP contribution in [0.5, 0.6) is 0 Å². The van der Waals surface area contributed by atoms with Crippen LogP contribution in [0.25, 0.3) is 11.1 Å². The van der Waals surface area contributed by atoms with Gasteiger partial charge in [0.05, 0.1) is 5.02 Å². The van der Waals surface area contributed by atoms with Gasteiger partial charge in [-0.3, -0.25) is 0 Å². The quantitative estimate of drug-likeness (QED) is 0.736. The van der Waals surface area contributed by atoms with Crippen molar-refractivity contribution < 1.29 is 4.42 Å². The number of hydrogen-bond acceptors (Lipinski definition) is 2. The fourth-order valence-electron chi connectivity index (χ4n) is 1.48. The molecule has 0 radical (unpaired) electrons. The molecule has 0 saturated heterocycles. The van der Waals surface area contributed by atoms with Crippen LogP contribution in [0.15, 0.2) is 16.5 Å². The zero-order chi connectivity index (χ0) is 9.71. The Balaban J connectivity index is 2.26. The third-order valence-corrected chi connectivity index (χ3v) is 2.86. The third-order valence-electron chi connectivity index (χ3n) is 2.36. The molecule has 0 amide bonds. The highest BCUT2D eigenvalue weighted by atomic mass is 35.5. The van der Waals surface area contributed by atoms with E-state index in [1.54, 1.807) is 12.1 Å². The Morgan fingerprint density at radius 3 is 2.79 bits per heavy atom. The van der Waals surface area contributed by atoms with E-state index in [2.05, 4.69) is 4.98 Å². The summed E-state index contributed by atoms with van der Waals surface area (Å²) in [4.78, 5) is 4.36. The largest absolute Gasteiger partial charge is 0.440 e. The molecule has 1 aliphatic rings. The van der Waals surface area contributed by atoms with E-state index in [1.165, 1.54) is 0 Å². The summed E-state index contributed by atoms with van der Waals surface area (Å²) in [7, 11) is 0. The lowest BCUT2D eigenvalue weighted by Crippen LogP contribution is -1.76. The number of halogens is 2. The molecule has 1 heterocycles. The summed E-state index contributed by atoms with van der Waals surface area (Å²) in [6.45, 7) is 0. The molecular weight excluding hydrogens is 221 g/mol. The lowest BCUT2D eigenvalue weighted by molar-refractivity contribution is 0.533. The van der Waals surface area contributed by atoms with Crippen molar-refractivity contribution in [3.8, 4) is 0 Å². The fourth-order valence-corrected chi connectivity index (χ4v) is 2.00. The Morgan fingerprint density at radius 1 is 1.29 bits per heavy atom. The maximum atomic E-state index is 5.99. The molecule has 1 saturated carbocycles. The SMILES string of the molecule is Clc1cc(Cl)c2nc(C3CC3)oc2c1. The van der Waals surface area contributed by atoms with Crippen molar-refractivity contribution in [3.05, 3.63) is 28.1 Å². The van der Waals surface area contributed by atoms with Crippen molar-refractivity contribution in [2.75, 3.05) is 0 Å². The van der Waals surface area contributed by atoms with Gasteiger partial charge in [0.25, 0.3) is 0 Å². The summed E-state index contributed by atoms with van der Waals surface area (Å²) in [5.74, 6) is 1.29. The second-order valence-corrected chi connectivity index (χ2v) is 4.40. The van der Waals surface area contributed by atoms with Crippen LogP contribution in [0.1, 0.15) is 24.7 Å². The Morgan fingerprint density at radius 2 is 2.07 bits per heavy atom. The average Bonchev–Trinajstić information content (AvgIpc) is 2.87. The molecule has 0 aliphatic heterocycles. The zero-order valence-electron chi connectivity index (χ0n) is 7.26. The van der Waals surface area contributed by atoms with E-state index in [4.69, 9.17) is 27.6 Å². The van der Waals surface area contributed by atoms with Crippen LogP contribution in [0, 0.1) is 0 Å². The minimum absolute atomic E-state index is 0.497. The summed E-state index contributed by atoms with van der Waals surface area (Å²) in [5.41, 5.74) is 1.40. The van der Waals surface area contributed by atoms with Crippen molar-refractivity contribution in [2.24, 2.45) is 0 Å². The summed E-state index contributed by atoms with van der Waals surface area (Å²) in [6.07, 6.45) is 2.33. The Kier molecular flexibility index (Phi) is 1.76. The predicted molar refractivity (Wildman–Crippen MR) is 56.0 cm³/mol. The van der Waals surface area contributed by atoms with E-state index in [9.17, 15) is 0 Å². The predicted octanol–water partition coefficient (Wildman–Crippen LogP) is 4.01. The summed E-state index contributed by atoms with van der Waals surface area (Å²) >= 11 is 11.8. The molecule has 0 bridgehead atoms. The van der Waals surface area contributed by atoms with E-state index in [0.717, 1.165) is 24.2 Å². The van der Waals surface area contributed by atoms with E-state index >= 15 is 0 Å². The standard InChI is InChI=1S/C10H7Cl2NO/c11-6-3-7(12)9-8(4-6)14-10(13-9)5-1-2-5/h3-5H,1-2H2. The molecule has 3 rings (SSSR count). The second kappa shape index (κ2) is 2.88. The Bertz CT molecular complexity index is 502. The van der Waals surface area contributed by atoms with Crippen LogP contribution < -0.4 is 0 Å². The smallest absolute Gasteiger partial charge is 0.198 e. The molecule has 1 fully saturated rings. The van der Waals surface area contributed by atoms with E-state index in [0.29, 0.717) is 21.5 Å². The maximum Gasteiger partial charge on any atom is 0.198 e. The highest BCUT2D eigenvalue weighted by Gasteiger charge is 2.29. The van der Waals surface area contributed by atoms with E-state index in [1.807, 2.05) is 0 Å². The van der Waals surface area contributed by atoms with Crippen LogP contribution in [0.4, 0.5) is 0 Å². The first-order valence-corrected chi connectivity index (χ1v) is 5.25. The zero-order valence-corrected chi connectivity index (χ0v) is 8.77. The first kappa shape index (κ1) is 8.57. The van der Waals surface area contributed by atoms with Gasteiger partial charge in [-0.2, -0.15) is 0 Å². The molecule has 4 heteroatoms. The van der Waals surface area contributed by atoms with Gasteiger partial charge in [0.15, 0.2) is 11.5 Å². The number of rotatable bonds is 1. The van der Waals surface area contributed by atoms with Crippen molar-refractivity contribution in [1.82, 2.24) is 4.98 Å². The van der Waals surface area contributed by atoms with Crippen LogP contribution in [0.3, 0.4) is 0 Å². The van der Waals surface area contributed by atoms with Crippen LogP contribution >= 0.6 is 23.2 Å². The Hall–Kier alpha value is -0.730. The van der Waals surface area contributed by atoms with Gasteiger partial charge in [-0.15, -0.1) is 0 Å². The van der Waals surface area contributed by atoms with Gasteiger partial charge in [0, 0.05) is 17.0 Å². The third kappa shape index (κ3) is 1.30. The van der Waals surface area contributed by atoms with Crippen LogP contribution in [0.2, 0.25) is 10.0 Å². The highest BCUT2D eigenvalue weighted by molar-refractivity contribution is 6.38. The molecule has 1 aromatic carbocycles. The van der Waals surface area contributed by atoms with Gasteiger partial charge in [0.2, 0.25) is 0 Å². The molecule has 0 unspecified atom stereocenters. The van der Waals surface area contributed by atoms with Gasteiger partial charge in [-0.25, -0.2) is 4.98 Å². The number of hydrogen-bond donors (Lipinski definition) is 0. The molecule has 1 aliphatic carbocycles. The molecule has 2 nitrogen and oxygen atoms in total. The monoisotopic (exact) mass is 227 g/mol. The number of aromatic nitrogens is 1. The van der Waals surface area contributed by atoms with Crippen LogP contribution in [-0.2, 0) is 0 Å². The first-order chi connectivity index (χ1) is 6.74. The van der Waals surface area contributed by atoms with Gasteiger partial charge < -0.3 is 4.42 Å². The number of fused-ring (bicyclic) bond motifs is 1. The summed E-state index contributed by atoms with van der Waals surface area (Å²) in [5, 5.41) is 1.14. The molecule has 0 atom stereocenters. The minimum Gasteiger partial charge on any atom is -0.440 e. The fraction of sp³-hybridized carbons (Fsp3) is 0.300. The molecule has 2 aromatic rings. The second-order valence-electron chi connectivity index (χ2n) is 3.56. The maximum absolute atomic E-state index is 5.99. The topological polar surface area (TPSA) is 26.0 Å². The number of oxazole rings is 1. The van der Waals surface area contributed by atoms with Gasteiger partial charge in [0.1, 0.15) is 5.52 Å². The molecule has 72 valence electrons. The average molecular weight is 228 g/mol.